The van der Waals surface area contributed by atoms with E-state index < -0.39 is 4.87 Å². The number of carbonyl (C=O) groups excluding carboxylic acids is 2. The fourth-order valence-electron chi connectivity index (χ4n) is 4.22. The minimum Gasteiger partial charge on any atom is -0.304 e. The summed E-state index contributed by atoms with van der Waals surface area (Å²) in [5.41, 5.74) is 4.03. The minimum atomic E-state index is -1.14. The molecular weight excluding hydrogens is 399 g/mol. The SMILES string of the molecule is Cc1ccc(N2C(=O)CSC23C(=O)N(Cc2cccc(F)c2)c2ccccc23)cc1. The van der Waals surface area contributed by atoms with Crippen molar-refractivity contribution >= 4 is 35.0 Å². The van der Waals surface area contributed by atoms with E-state index in [1.54, 1.807) is 21.9 Å². The van der Waals surface area contributed by atoms with Gasteiger partial charge < -0.3 is 4.90 Å². The van der Waals surface area contributed by atoms with Crippen LogP contribution in [0.25, 0.3) is 0 Å². The summed E-state index contributed by atoms with van der Waals surface area (Å²) in [6, 6.07) is 21.5. The molecule has 30 heavy (non-hydrogen) atoms. The number of hydrogen-bond donors (Lipinski definition) is 0. The highest BCUT2D eigenvalue weighted by Gasteiger charge is 2.60. The van der Waals surface area contributed by atoms with Crippen LogP contribution in [0.4, 0.5) is 15.8 Å². The molecule has 1 unspecified atom stereocenters. The van der Waals surface area contributed by atoms with Crippen molar-refractivity contribution in [1.82, 2.24) is 0 Å². The van der Waals surface area contributed by atoms with Crippen molar-refractivity contribution in [2.75, 3.05) is 15.6 Å². The van der Waals surface area contributed by atoms with Crippen molar-refractivity contribution in [2.24, 2.45) is 0 Å². The second-order valence-electron chi connectivity index (χ2n) is 7.54. The first-order chi connectivity index (χ1) is 14.5. The lowest BCUT2D eigenvalue weighted by atomic mass is 10.0. The van der Waals surface area contributed by atoms with Crippen LogP contribution in [0, 0.1) is 12.7 Å². The van der Waals surface area contributed by atoms with Crippen LogP contribution in [0.15, 0.2) is 72.8 Å². The highest BCUT2D eigenvalue weighted by atomic mass is 32.2. The molecule has 5 rings (SSSR count). The van der Waals surface area contributed by atoms with Crippen LogP contribution in [0.2, 0.25) is 0 Å². The molecule has 1 fully saturated rings. The van der Waals surface area contributed by atoms with Crippen LogP contribution in [-0.4, -0.2) is 17.6 Å². The molecule has 1 saturated heterocycles. The molecule has 0 saturated carbocycles. The second-order valence-corrected chi connectivity index (χ2v) is 8.70. The van der Waals surface area contributed by atoms with Gasteiger partial charge in [0.2, 0.25) is 10.8 Å². The molecule has 2 amide bonds. The van der Waals surface area contributed by atoms with Gasteiger partial charge in [0, 0.05) is 11.3 Å². The lowest BCUT2D eigenvalue weighted by molar-refractivity contribution is -0.123. The van der Waals surface area contributed by atoms with Gasteiger partial charge in [-0.15, -0.1) is 11.8 Å². The van der Waals surface area contributed by atoms with Crippen LogP contribution >= 0.6 is 11.8 Å². The number of hydrogen-bond acceptors (Lipinski definition) is 3. The van der Waals surface area contributed by atoms with Gasteiger partial charge in [0.25, 0.3) is 5.91 Å². The average Bonchev–Trinajstić information content (AvgIpc) is 3.20. The van der Waals surface area contributed by atoms with Crippen molar-refractivity contribution in [3.8, 4) is 0 Å². The highest BCUT2D eigenvalue weighted by Crippen LogP contribution is 2.55. The minimum absolute atomic E-state index is 0.0976. The zero-order valence-corrected chi connectivity index (χ0v) is 17.2. The van der Waals surface area contributed by atoms with Crippen LogP contribution < -0.4 is 9.80 Å². The zero-order valence-electron chi connectivity index (χ0n) is 16.3. The van der Waals surface area contributed by atoms with Crippen LogP contribution in [-0.2, 0) is 21.0 Å². The Morgan fingerprint density at radius 3 is 2.53 bits per heavy atom. The predicted molar refractivity (Wildman–Crippen MR) is 117 cm³/mol. The summed E-state index contributed by atoms with van der Waals surface area (Å²) in [6.07, 6.45) is 0. The number of amides is 2. The van der Waals surface area contributed by atoms with E-state index in [1.807, 2.05) is 55.5 Å². The van der Waals surface area contributed by atoms with Crippen molar-refractivity contribution in [1.29, 1.82) is 0 Å². The quantitative estimate of drug-likeness (QED) is 0.624. The van der Waals surface area contributed by atoms with E-state index in [-0.39, 0.29) is 29.9 Å². The van der Waals surface area contributed by atoms with Crippen LogP contribution in [0.1, 0.15) is 16.7 Å². The molecule has 0 N–H and O–H groups in total. The maximum Gasteiger partial charge on any atom is 0.269 e. The average molecular weight is 418 g/mol. The molecule has 1 atom stereocenters. The number of anilines is 2. The molecule has 1 spiro atoms. The number of fused-ring (bicyclic) bond motifs is 2. The Kier molecular flexibility index (Phi) is 4.40. The van der Waals surface area contributed by atoms with E-state index in [0.29, 0.717) is 11.3 Å². The highest BCUT2D eigenvalue weighted by molar-refractivity contribution is 8.02. The first-order valence-corrected chi connectivity index (χ1v) is 10.7. The lowest BCUT2D eigenvalue weighted by Gasteiger charge is -2.33. The summed E-state index contributed by atoms with van der Waals surface area (Å²) >= 11 is 1.35. The Hall–Kier alpha value is -3.12. The topological polar surface area (TPSA) is 40.6 Å². The summed E-state index contributed by atoms with van der Waals surface area (Å²) in [6.45, 7) is 2.22. The van der Waals surface area contributed by atoms with Crippen molar-refractivity contribution in [3.05, 3.63) is 95.3 Å². The van der Waals surface area contributed by atoms with Gasteiger partial charge in [-0.3, -0.25) is 14.5 Å². The van der Waals surface area contributed by atoms with Crippen LogP contribution in [0.5, 0.6) is 0 Å². The maximum atomic E-state index is 13.9. The fraction of sp³-hybridized carbons (Fsp3) is 0.167. The number of halogens is 1. The third-order valence-corrected chi connectivity index (χ3v) is 6.97. The molecular formula is C24H19FN2O2S. The van der Waals surface area contributed by atoms with Gasteiger partial charge in [0.05, 0.1) is 18.0 Å². The maximum absolute atomic E-state index is 13.9. The normalized spacial score (nSPS) is 20.3. The van der Waals surface area contributed by atoms with E-state index >= 15 is 0 Å². The lowest BCUT2D eigenvalue weighted by Crippen LogP contribution is -2.49. The Morgan fingerprint density at radius 2 is 1.77 bits per heavy atom. The first kappa shape index (κ1) is 18.9. The number of aryl methyl sites for hydroxylation is 1. The number of thioether (sulfide) groups is 1. The molecule has 3 aromatic rings. The molecule has 0 aromatic heterocycles. The second kappa shape index (κ2) is 6.99. The molecule has 0 bridgehead atoms. The number of nitrogens with zero attached hydrogens (tertiary/aromatic N) is 2. The van der Waals surface area contributed by atoms with Gasteiger partial charge in [0.15, 0.2) is 0 Å². The van der Waals surface area contributed by atoms with E-state index in [0.717, 1.165) is 16.8 Å². The van der Waals surface area contributed by atoms with Crippen molar-refractivity contribution in [3.63, 3.8) is 0 Å². The molecule has 0 radical (unpaired) electrons. The predicted octanol–water partition coefficient (Wildman–Crippen LogP) is 4.61. The molecule has 4 nitrogen and oxygen atoms in total. The van der Waals surface area contributed by atoms with Crippen molar-refractivity contribution in [2.45, 2.75) is 18.3 Å². The van der Waals surface area contributed by atoms with Gasteiger partial charge in [-0.25, -0.2) is 4.39 Å². The molecule has 150 valence electrons. The third kappa shape index (κ3) is 2.75. The molecule has 0 aliphatic carbocycles. The number of rotatable bonds is 3. The monoisotopic (exact) mass is 418 g/mol. The number of benzene rings is 3. The summed E-state index contributed by atoms with van der Waals surface area (Å²) in [7, 11) is 0. The van der Waals surface area contributed by atoms with Crippen LogP contribution in [0.3, 0.4) is 0 Å². The Balaban J connectivity index is 1.64. The summed E-state index contributed by atoms with van der Waals surface area (Å²) in [4.78, 5) is 29.0. The molecule has 6 heteroatoms. The summed E-state index contributed by atoms with van der Waals surface area (Å²) in [5, 5.41) is 0. The standard InChI is InChI=1S/C24H19FN2O2S/c1-16-9-11-19(12-10-16)27-22(28)15-30-24(27)20-7-2-3-8-21(20)26(23(24)29)14-17-5-4-6-18(25)13-17/h2-13H,14-15H2,1H3. The fourth-order valence-corrected chi connectivity index (χ4v) is 5.58. The van der Waals surface area contributed by atoms with Gasteiger partial charge >= 0.3 is 0 Å². The Bertz CT molecular complexity index is 1160. The van der Waals surface area contributed by atoms with Gasteiger partial charge in [-0.1, -0.05) is 48.0 Å². The Labute approximate surface area is 178 Å². The number of para-hydroxylation sites is 1. The Morgan fingerprint density at radius 1 is 1.00 bits per heavy atom. The summed E-state index contributed by atoms with van der Waals surface area (Å²) < 4.78 is 13.7. The van der Waals surface area contributed by atoms with E-state index in [1.165, 1.54) is 23.9 Å². The first-order valence-electron chi connectivity index (χ1n) is 9.70. The van der Waals surface area contributed by atoms with Crippen molar-refractivity contribution < 1.29 is 14.0 Å². The largest absolute Gasteiger partial charge is 0.304 e. The number of carbonyl (C=O) groups is 2. The summed E-state index contributed by atoms with van der Waals surface area (Å²) in [5.74, 6) is -0.389. The van der Waals surface area contributed by atoms with E-state index in [2.05, 4.69) is 0 Å². The third-order valence-electron chi connectivity index (χ3n) is 5.59. The zero-order chi connectivity index (χ0) is 20.9. The molecule has 2 aliphatic heterocycles. The van der Waals surface area contributed by atoms with Gasteiger partial charge in [-0.2, -0.15) is 0 Å². The van der Waals surface area contributed by atoms with E-state index in [4.69, 9.17) is 0 Å². The molecule has 2 aliphatic rings. The molecule has 3 aromatic carbocycles. The smallest absolute Gasteiger partial charge is 0.269 e. The van der Waals surface area contributed by atoms with Gasteiger partial charge in [-0.05, 0) is 42.8 Å². The van der Waals surface area contributed by atoms with Gasteiger partial charge in [0.1, 0.15) is 5.82 Å². The molecule has 2 heterocycles. The van der Waals surface area contributed by atoms with E-state index in [9.17, 15) is 14.0 Å².